The first-order valence-electron chi connectivity index (χ1n) is 8.47. The average molecular weight is 427 g/mol. The maximum absolute atomic E-state index is 12.6. The van der Waals surface area contributed by atoms with E-state index in [1.807, 2.05) is 0 Å². The Labute approximate surface area is 170 Å². The molecule has 9 heteroatoms. The molecule has 7 nitrogen and oxygen atoms in total. The molecule has 0 bridgehead atoms. The van der Waals surface area contributed by atoms with Crippen molar-refractivity contribution in [3.63, 3.8) is 0 Å². The van der Waals surface area contributed by atoms with Gasteiger partial charge in [0.1, 0.15) is 0 Å². The van der Waals surface area contributed by atoms with E-state index < -0.39 is 15.9 Å². The minimum absolute atomic E-state index is 0.0257. The number of carbonyl (C=O) groups excluding carboxylic acids is 1. The lowest BCUT2D eigenvalue weighted by Crippen LogP contribution is -2.32. The van der Waals surface area contributed by atoms with E-state index in [9.17, 15) is 13.2 Å². The van der Waals surface area contributed by atoms with E-state index in [4.69, 9.17) is 21.1 Å². The van der Waals surface area contributed by atoms with Crippen LogP contribution in [-0.4, -0.2) is 41.3 Å². The van der Waals surface area contributed by atoms with Gasteiger partial charge in [0.05, 0.1) is 38.3 Å². The Morgan fingerprint density at radius 1 is 1.11 bits per heavy atom. The number of nitrogens with one attached hydrogen (secondary N) is 1. The van der Waals surface area contributed by atoms with Gasteiger partial charge >= 0.3 is 0 Å². The van der Waals surface area contributed by atoms with Crippen LogP contribution in [0.25, 0.3) is 0 Å². The van der Waals surface area contributed by atoms with Crippen molar-refractivity contribution >= 4 is 33.2 Å². The lowest BCUT2D eigenvalue weighted by Gasteiger charge is -2.26. The number of rotatable bonds is 8. The summed E-state index contributed by atoms with van der Waals surface area (Å²) < 4.78 is 36.9. The summed E-state index contributed by atoms with van der Waals surface area (Å²) in [5.74, 6) is 0.228. The Morgan fingerprint density at radius 3 is 2.18 bits per heavy atom. The molecule has 2 aromatic carbocycles. The largest absolute Gasteiger partial charge is 0.493 e. The summed E-state index contributed by atoms with van der Waals surface area (Å²) in [6.07, 6.45) is 1.08. The zero-order chi connectivity index (χ0) is 20.9. The minimum Gasteiger partial charge on any atom is -0.493 e. The van der Waals surface area contributed by atoms with Crippen molar-refractivity contribution in [1.82, 2.24) is 5.32 Å². The van der Waals surface area contributed by atoms with Crippen LogP contribution in [0.1, 0.15) is 22.8 Å². The standard InChI is InChI=1S/C19H23ClN2O5S/c1-5-21-19(23)15-10-17(26-2)18(27-3)11-16(15)22(28(4,24)25)12-13-6-8-14(20)9-7-13/h6-11H,5,12H2,1-4H3,(H,21,23). The van der Waals surface area contributed by atoms with Crippen LogP contribution < -0.4 is 19.1 Å². The third-order valence-corrected chi connectivity index (χ3v) is 5.37. The van der Waals surface area contributed by atoms with Gasteiger partial charge in [0.2, 0.25) is 10.0 Å². The van der Waals surface area contributed by atoms with Crippen LogP contribution >= 0.6 is 11.6 Å². The van der Waals surface area contributed by atoms with Gasteiger partial charge < -0.3 is 14.8 Å². The lowest BCUT2D eigenvalue weighted by molar-refractivity contribution is 0.0956. The Kier molecular flexibility index (Phi) is 7.15. The second-order valence-electron chi connectivity index (χ2n) is 5.98. The molecule has 2 aromatic rings. The molecule has 0 heterocycles. The van der Waals surface area contributed by atoms with Gasteiger partial charge in [-0.3, -0.25) is 9.10 Å². The van der Waals surface area contributed by atoms with Crippen LogP contribution in [0.4, 0.5) is 5.69 Å². The first kappa shape index (κ1) is 21.8. The summed E-state index contributed by atoms with van der Waals surface area (Å²) in [7, 11) is -0.830. The molecule has 0 aliphatic carbocycles. The van der Waals surface area contributed by atoms with E-state index in [-0.39, 0.29) is 17.8 Å². The molecule has 0 spiro atoms. The fourth-order valence-electron chi connectivity index (χ4n) is 2.65. The van der Waals surface area contributed by atoms with E-state index in [2.05, 4.69) is 5.32 Å². The molecule has 0 aliphatic heterocycles. The molecule has 0 unspecified atom stereocenters. The maximum Gasteiger partial charge on any atom is 0.253 e. The number of benzene rings is 2. The summed E-state index contributed by atoms with van der Waals surface area (Å²) in [5, 5.41) is 3.24. The molecule has 152 valence electrons. The van der Waals surface area contributed by atoms with E-state index in [1.165, 1.54) is 26.4 Å². The van der Waals surface area contributed by atoms with Crippen LogP contribution in [0.3, 0.4) is 0 Å². The van der Waals surface area contributed by atoms with Crippen molar-refractivity contribution in [2.75, 3.05) is 31.3 Å². The van der Waals surface area contributed by atoms with Crippen molar-refractivity contribution < 1.29 is 22.7 Å². The third-order valence-electron chi connectivity index (χ3n) is 3.99. The molecule has 2 rings (SSSR count). The lowest BCUT2D eigenvalue weighted by atomic mass is 10.1. The second-order valence-corrected chi connectivity index (χ2v) is 8.32. The SMILES string of the molecule is CCNC(=O)c1cc(OC)c(OC)cc1N(Cc1ccc(Cl)cc1)S(C)(=O)=O. The molecule has 0 atom stereocenters. The molecule has 0 saturated carbocycles. The highest BCUT2D eigenvalue weighted by Crippen LogP contribution is 2.37. The number of halogens is 1. The van der Waals surface area contributed by atoms with Gasteiger partial charge in [-0.25, -0.2) is 8.42 Å². The van der Waals surface area contributed by atoms with Gasteiger partial charge in [0.15, 0.2) is 11.5 Å². The molecule has 0 fully saturated rings. The highest BCUT2D eigenvalue weighted by Gasteiger charge is 2.26. The normalized spacial score (nSPS) is 11.0. The van der Waals surface area contributed by atoms with Crippen LogP contribution in [0.15, 0.2) is 36.4 Å². The summed E-state index contributed by atoms with van der Waals surface area (Å²) in [6.45, 7) is 2.20. The van der Waals surface area contributed by atoms with Crippen LogP contribution in [0, 0.1) is 0 Å². The number of sulfonamides is 1. The number of amides is 1. The molecule has 0 radical (unpaired) electrons. The van der Waals surface area contributed by atoms with Gasteiger partial charge in [-0.15, -0.1) is 0 Å². The van der Waals surface area contributed by atoms with E-state index >= 15 is 0 Å². The third kappa shape index (κ3) is 5.08. The topological polar surface area (TPSA) is 84.9 Å². The van der Waals surface area contributed by atoms with E-state index in [1.54, 1.807) is 31.2 Å². The van der Waals surface area contributed by atoms with Crippen LogP contribution in [0.2, 0.25) is 5.02 Å². The van der Waals surface area contributed by atoms with E-state index in [0.717, 1.165) is 10.6 Å². The number of anilines is 1. The molecular weight excluding hydrogens is 404 g/mol. The Bertz CT molecular complexity index is 946. The van der Waals surface area contributed by atoms with Crippen molar-refractivity contribution in [2.24, 2.45) is 0 Å². The summed E-state index contributed by atoms with van der Waals surface area (Å²) >= 11 is 5.91. The smallest absolute Gasteiger partial charge is 0.253 e. The van der Waals surface area contributed by atoms with E-state index in [0.29, 0.717) is 28.6 Å². The molecular formula is C19H23ClN2O5S. The van der Waals surface area contributed by atoms with Gasteiger partial charge in [-0.05, 0) is 30.7 Å². The van der Waals surface area contributed by atoms with Gasteiger partial charge in [0, 0.05) is 17.6 Å². The van der Waals surface area contributed by atoms with Gasteiger partial charge in [-0.1, -0.05) is 23.7 Å². The van der Waals surface area contributed by atoms with Crippen LogP contribution in [-0.2, 0) is 16.6 Å². The number of carbonyl (C=O) groups is 1. The molecule has 0 saturated heterocycles. The average Bonchev–Trinajstić information content (AvgIpc) is 2.65. The minimum atomic E-state index is -3.72. The first-order chi connectivity index (χ1) is 13.2. The highest BCUT2D eigenvalue weighted by atomic mass is 35.5. The number of hydrogen-bond donors (Lipinski definition) is 1. The van der Waals surface area contributed by atoms with Crippen molar-refractivity contribution in [2.45, 2.75) is 13.5 Å². The second kappa shape index (κ2) is 9.16. The Hall–Kier alpha value is -2.45. The fraction of sp³-hybridized carbons (Fsp3) is 0.316. The van der Waals surface area contributed by atoms with Crippen molar-refractivity contribution in [1.29, 1.82) is 0 Å². The Balaban J connectivity index is 2.65. The fourth-order valence-corrected chi connectivity index (χ4v) is 3.67. The quantitative estimate of drug-likeness (QED) is 0.701. The predicted octanol–water partition coefficient (Wildman–Crippen LogP) is 3.07. The summed E-state index contributed by atoms with van der Waals surface area (Å²) in [5.41, 5.74) is 1.08. The van der Waals surface area contributed by atoms with Crippen molar-refractivity contribution in [3.8, 4) is 11.5 Å². The highest BCUT2D eigenvalue weighted by molar-refractivity contribution is 7.92. The number of hydrogen-bond acceptors (Lipinski definition) is 5. The summed E-state index contributed by atoms with van der Waals surface area (Å²) in [6, 6.07) is 9.77. The molecule has 28 heavy (non-hydrogen) atoms. The van der Waals surface area contributed by atoms with Crippen LogP contribution in [0.5, 0.6) is 11.5 Å². The first-order valence-corrected chi connectivity index (χ1v) is 10.7. The summed E-state index contributed by atoms with van der Waals surface area (Å²) in [4.78, 5) is 12.6. The van der Waals surface area contributed by atoms with Gasteiger partial charge in [0.25, 0.3) is 5.91 Å². The zero-order valence-electron chi connectivity index (χ0n) is 16.2. The predicted molar refractivity (Wildman–Crippen MR) is 110 cm³/mol. The zero-order valence-corrected chi connectivity index (χ0v) is 17.7. The number of nitrogens with zero attached hydrogens (tertiary/aromatic N) is 1. The number of methoxy groups -OCH3 is 2. The number of ether oxygens (including phenoxy) is 2. The molecule has 1 amide bonds. The maximum atomic E-state index is 12.6. The Morgan fingerprint density at radius 2 is 1.68 bits per heavy atom. The monoisotopic (exact) mass is 426 g/mol. The molecule has 0 aliphatic rings. The van der Waals surface area contributed by atoms with Crippen molar-refractivity contribution in [3.05, 3.63) is 52.5 Å². The molecule has 0 aromatic heterocycles. The molecule has 1 N–H and O–H groups in total. The van der Waals surface area contributed by atoms with Gasteiger partial charge in [-0.2, -0.15) is 0 Å².